The van der Waals surface area contributed by atoms with Gasteiger partial charge in [-0.3, -0.25) is 14.4 Å². The van der Waals surface area contributed by atoms with Gasteiger partial charge in [-0.05, 0) is 19.3 Å². The molecule has 184 valence electrons. The Morgan fingerprint density at radius 1 is 1.31 bits per heavy atom. The van der Waals surface area contributed by atoms with E-state index < -0.39 is 64.3 Å². The smallest absolute Gasteiger partial charge is 0.276 e. The SMILES string of the molecule is COc1c2n(cc(C(=O)NCc3c(F)cc(F)c(O)c3F)c1=O)C[C@H]1O[C@@H]3CCC34C[C@H]4N1C2=O. The number of carbonyl (C=O) groups is 2. The molecule has 35 heavy (non-hydrogen) atoms. The fourth-order valence-electron chi connectivity index (χ4n) is 5.68. The Morgan fingerprint density at radius 2 is 2.09 bits per heavy atom. The summed E-state index contributed by atoms with van der Waals surface area (Å²) in [7, 11) is 1.21. The third kappa shape index (κ3) is 2.89. The fourth-order valence-corrected chi connectivity index (χ4v) is 5.68. The van der Waals surface area contributed by atoms with Gasteiger partial charge in [-0.1, -0.05) is 0 Å². The summed E-state index contributed by atoms with van der Waals surface area (Å²) in [6.45, 7) is -0.589. The fraction of sp³-hybridized carbons (Fsp3) is 0.435. The molecule has 9 nitrogen and oxygen atoms in total. The van der Waals surface area contributed by atoms with E-state index >= 15 is 0 Å². The number of rotatable bonds is 4. The van der Waals surface area contributed by atoms with Crippen LogP contribution in [0.1, 0.15) is 45.7 Å². The number of fused-ring (bicyclic) bond motifs is 3. The van der Waals surface area contributed by atoms with Crippen molar-refractivity contribution in [3.63, 3.8) is 0 Å². The van der Waals surface area contributed by atoms with Crippen molar-refractivity contribution in [2.75, 3.05) is 7.11 Å². The van der Waals surface area contributed by atoms with E-state index in [9.17, 15) is 32.7 Å². The van der Waals surface area contributed by atoms with Gasteiger partial charge in [-0.2, -0.15) is 0 Å². The van der Waals surface area contributed by atoms with Gasteiger partial charge in [0.2, 0.25) is 5.43 Å². The van der Waals surface area contributed by atoms with Gasteiger partial charge in [0, 0.05) is 35.8 Å². The van der Waals surface area contributed by atoms with Crippen molar-refractivity contribution < 1.29 is 37.3 Å². The number of aromatic hydroxyl groups is 1. The molecule has 6 rings (SSSR count). The van der Waals surface area contributed by atoms with Crippen LogP contribution in [0.2, 0.25) is 0 Å². The molecule has 2 amide bonds. The summed E-state index contributed by atoms with van der Waals surface area (Å²) < 4.78 is 54.1. The van der Waals surface area contributed by atoms with E-state index in [1.807, 2.05) is 0 Å². The molecule has 0 radical (unpaired) electrons. The molecule has 4 aliphatic rings. The number of nitrogens with one attached hydrogen (secondary N) is 1. The summed E-state index contributed by atoms with van der Waals surface area (Å²) in [6, 6.07) is 0.343. The van der Waals surface area contributed by atoms with Crippen molar-refractivity contribution in [1.82, 2.24) is 14.8 Å². The Labute approximate surface area is 196 Å². The van der Waals surface area contributed by atoms with Crippen LogP contribution in [0.4, 0.5) is 13.2 Å². The third-order valence-corrected chi connectivity index (χ3v) is 7.70. The minimum atomic E-state index is -1.56. The lowest BCUT2D eigenvalue weighted by Crippen LogP contribution is -2.61. The number of methoxy groups -OCH3 is 1. The number of ether oxygens (including phenoxy) is 2. The van der Waals surface area contributed by atoms with Gasteiger partial charge in [-0.15, -0.1) is 0 Å². The zero-order chi connectivity index (χ0) is 24.8. The predicted molar refractivity (Wildman–Crippen MR) is 111 cm³/mol. The van der Waals surface area contributed by atoms with Crippen LogP contribution in [0.3, 0.4) is 0 Å². The van der Waals surface area contributed by atoms with E-state index in [0.717, 1.165) is 19.3 Å². The highest BCUT2D eigenvalue weighted by Gasteiger charge is 2.72. The second-order valence-electron chi connectivity index (χ2n) is 9.35. The molecule has 2 saturated carbocycles. The van der Waals surface area contributed by atoms with Crippen LogP contribution in [0.15, 0.2) is 17.1 Å². The zero-order valence-corrected chi connectivity index (χ0v) is 18.4. The Kier molecular flexibility index (Phi) is 4.54. The maximum absolute atomic E-state index is 14.1. The van der Waals surface area contributed by atoms with Gasteiger partial charge >= 0.3 is 0 Å². The molecule has 12 heteroatoms. The minimum absolute atomic E-state index is 0.00858. The topological polar surface area (TPSA) is 110 Å². The standard InChI is InChI=1S/C23H20F3N3O6/c1-34-20-17-22(33)29-13-5-23(13)3-2-14(23)35-15(29)8-28(17)7-10(18(20)30)21(32)27-6-9-11(24)4-12(25)19(31)16(9)26/h4,7,13-15,31H,2-3,5-6,8H2,1H3,(H,27,32)/t13-,14-,15-,23?/m1/s1. The molecule has 2 aliphatic heterocycles. The van der Waals surface area contributed by atoms with Crippen molar-refractivity contribution in [3.05, 3.63) is 56.8 Å². The summed E-state index contributed by atoms with van der Waals surface area (Å²) in [5.74, 6) is -7.47. The number of nitrogens with zero attached hydrogens (tertiary/aromatic N) is 2. The van der Waals surface area contributed by atoms with Gasteiger partial charge in [0.15, 0.2) is 35.1 Å². The Balaban J connectivity index is 1.32. The summed E-state index contributed by atoms with van der Waals surface area (Å²) in [6.07, 6.45) is 3.51. The molecule has 3 fully saturated rings. The molecule has 4 atom stereocenters. The molecular weight excluding hydrogens is 471 g/mol. The number of phenolic OH excluding ortho intramolecular Hbond substituents is 1. The Bertz CT molecular complexity index is 1380. The number of amides is 2. The zero-order valence-electron chi connectivity index (χ0n) is 18.4. The number of phenols is 1. The normalized spacial score (nSPS) is 27.7. The third-order valence-electron chi connectivity index (χ3n) is 7.70. The monoisotopic (exact) mass is 491 g/mol. The Hall–Kier alpha value is -3.54. The lowest BCUT2D eigenvalue weighted by atomic mass is 9.76. The average Bonchev–Trinajstić information content (AvgIpc) is 3.58. The lowest BCUT2D eigenvalue weighted by Gasteiger charge is -2.51. The molecule has 1 aromatic heterocycles. The van der Waals surface area contributed by atoms with Crippen molar-refractivity contribution in [2.24, 2.45) is 5.41 Å². The number of aromatic nitrogens is 1. The number of pyridine rings is 1. The van der Waals surface area contributed by atoms with E-state index in [0.29, 0.717) is 0 Å². The second kappa shape index (κ2) is 7.23. The molecule has 1 aromatic carbocycles. The minimum Gasteiger partial charge on any atom is -0.503 e. The molecule has 2 aliphatic carbocycles. The van der Waals surface area contributed by atoms with Crippen LogP contribution in [0, 0.1) is 22.9 Å². The van der Waals surface area contributed by atoms with Crippen LogP contribution in [0.25, 0.3) is 0 Å². The van der Waals surface area contributed by atoms with Gasteiger partial charge in [0.1, 0.15) is 11.4 Å². The van der Waals surface area contributed by atoms with Crippen molar-refractivity contribution in [2.45, 2.75) is 50.7 Å². The van der Waals surface area contributed by atoms with Gasteiger partial charge < -0.3 is 29.4 Å². The van der Waals surface area contributed by atoms with Crippen molar-refractivity contribution in [1.29, 1.82) is 0 Å². The lowest BCUT2D eigenvalue weighted by molar-refractivity contribution is -0.196. The molecule has 1 unspecified atom stereocenters. The van der Waals surface area contributed by atoms with Crippen LogP contribution < -0.4 is 15.5 Å². The van der Waals surface area contributed by atoms with E-state index in [4.69, 9.17) is 9.47 Å². The van der Waals surface area contributed by atoms with Gasteiger partial charge in [0.25, 0.3) is 11.8 Å². The van der Waals surface area contributed by atoms with Gasteiger partial charge in [0.05, 0.1) is 19.8 Å². The average molecular weight is 491 g/mol. The first-order valence-electron chi connectivity index (χ1n) is 11.1. The maximum atomic E-state index is 14.1. The second-order valence-corrected chi connectivity index (χ2v) is 9.35. The Morgan fingerprint density at radius 3 is 2.77 bits per heavy atom. The van der Waals surface area contributed by atoms with Crippen molar-refractivity contribution >= 4 is 11.8 Å². The summed E-state index contributed by atoms with van der Waals surface area (Å²) in [4.78, 5) is 40.9. The number of carbonyl (C=O) groups excluding carboxylic acids is 2. The summed E-state index contributed by atoms with van der Waals surface area (Å²) >= 11 is 0. The molecule has 2 N–H and O–H groups in total. The molecule has 0 bridgehead atoms. The van der Waals surface area contributed by atoms with Crippen LogP contribution in [-0.4, -0.2) is 51.9 Å². The number of benzene rings is 1. The van der Waals surface area contributed by atoms with E-state index in [1.54, 1.807) is 4.90 Å². The molecule has 1 spiro atoms. The largest absolute Gasteiger partial charge is 0.503 e. The van der Waals surface area contributed by atoms with Crippen LogP contribution in [-0.2, 0) is 17.8 Å². The highest BCUT2D eigenvalue weighted by atomic mass is 19.1. The number of hydrogen-bond acceptors (Lipinski definition) is 6. The predicted octanol–water partition coefficient (Wildman–Crippen LogP) is 1.64. The number of halogens is 3. The quantitative estimate of drug-likeness (QED) is 0.673. The first-order chi connectivity index (χ1) is 16.7. The van der Waals surface area contributed by atoms with E-state index in [2.05, 4.69) is 5.32 Å². The highest BCUT2D eigenvalue weighted by Crippen LogP contribution is 2.67. The van der Waals surface area contributed by atoms with E-state index in [-0.39, 0.29) is 41.6 Å². The maximum Gasteiger partial charge on any atom is 0.276 e. The van der Waals surface area contributed by atoms with Crippen LogP contribution >= 0.6 is 0 Å². The summed E-state index contributed by atoms with van der Waals surface area (Å²) in [5, 5.41) is 11.6. The summed E-state index contributed by atoms with van der Waals surface area (Å²) in [5.41, 5.74) is -2.04. The van der Waals surface area contributed by atoms with Crippen molar-refractivity contribution in [3.8, 4) is 11.5 Å². The van der Waals surface area contributed by atoms with Crippen LogP contribution in [0.5, 0.6) is 11.5 Å². The molecular formula is C23H20F3N3O6. The van der Waals surface area contributed by atoms with E-state index in [1.165, 1.54) is 17.9 Å². The first kappa shape index (κ1) is 22.0. The molecule has 1 saturated heterocycles. The number of hydrogen-bond donors (Lipinski definition) is 2. The van der Waals surface area contributed by atoms with Gasteiger partial charge in [-0.25, -0.2) is 13.2 Å². The molecule has 2 aromatic rings. The first-order valence-corrected chi connectivity index (χ1v) is 11.1. The molecule has 3 heterocycles. The highest BCUT2D eigenvalue weighted by molar-refractivity contribution is 5.99.